The minimum atomic E-state index is -0.195. The van der Waals surface area contributed by atoms with Crippen molar-refractivity contribution in [3.05, 3.63) is 29.3 Å². The van der Waals surface area contributed by atoms with Crippen LogP contribution in [0.4, 0.5) is 0 Å². The fourth-order valence-corrected chi connectivity index (χ4v) is 3.81. The molecule has 2 atom stereocenters. The number of likely N-dealkylation sites (tertiary alicyclic amines) is 1. The molecule has 0 spiro atoms. The van der Waals surface area contributed by atoms with Crippen molar-refractivity contribution in [3.8, 4) is 5.75 Å². The van der Waals surface area contributed by atoms with E-state index in [1.165, 1.54) is 19.3 Å². The standard InChI is InChI=1S/C20H31N3O2/c1-14(2)19(13-23-8-4-3-5-9-23)22-20(25)18-11-15-6-7-17(24)10-16(15)12-21-18/h6-7,10,14,18-19,21,24H,3-5,8-9,11-13H2,1-2H3,(H,22,25)/t18-,19?/m1/s1. The number of carbonyl (C=O) groups excluding carboxylic acids is 1. The first-order chi connectivity index (χ1) is 12.0. The summed E-state index contributed by atoms with van der Waals surface area (Å²) in [7, 11) is 0. The second-order valence-electron chi connectivity index (χ2n) is 7.81. The highest BCUT2D eigenvalue weighted by Gasteiger charge is 2.28. The van der Waals surface area contributed by atoms with Crippen molar-refractivity contribution in [1.29, 1.82) is 0 Å². The number of hydrogen-bond donors (Lipinski definition) is 3. The maximum absolute atomic E-state index is 12.8. The Morgan fingerprint density at radius 3 is 2.76 bits per heavy atom. The Morgan fingerprint density at radius 2 is 2.04 bits per heavy atom. The van der Waals surface area contributed by atoms with Crippen molar-refractivity contribution in [2.24, 2.45) is 5.92 Å². The van der Waals surface area contributed by atoms with E-state index in [0.29, 0.717) is 18.9 Å². The van der Waals surface area contributed by atoms with Crippen LogP contribution in [-0.4, -0.2) is 47.6 Å². The number of rotatable bonds is 5. The summed E-state index contributed by atoms with van der Waals surface area (Å²) >= 11 is 0. The molecule has 2 aliphatic heterocycles. The Bertz CT molecular complexity index is 597. The summed E-state index contributed by atoms with van der Waals surface area (Å²) in [5.74, 6) is 0.790. The quantitative estimate of drug-likeness (QED) is 0.764. The van der Waals surface area contributed by atoms with Gasteiger partial charge in [0.05, 0.1) is 6.04 Å². The second-order valence-corrected chi connectivity index (χ2v) is 7.81. The molecule has 5 nitrogen and oxygen atoms in total. The molecule has 0 aliphatic carbocycles. The molecule has 2 heterocycles. The summed E-state index contributed by atoms with van der Waals surface area (Å²) in [5.41, 5.74) is 2.23. The lowest BCUT2D eigenvalue weighted by atomic mass is 9.94. The van der Waals surface area contributed by atoms with E-state index in [9.17, 15) is 9.90 Å². The highest BCUT2D eigenvalue weighted by atomic mass is 16.3. The molecule has 3 N–H and O–H groups in total. The first-order valence-corrected chi connectivity index (χ1v) is 9.60. The number of nitrogens with one attached hydrogen (secondary N) is 2. The predicted molar refractivity (Wildman–Crippen MR) is 99.5 cm³/mol. The number of benzene rings is 1. The minimum absolute atomic E-state index is 0.0921. The molecule has 1 fully saturated rings. The Kier molecular flexibility index (Phi) is 5.97. The van der Waals surface area contributed by atoms with Crippen LogP contribution >= 0.6 is 0 Å². The Balaban J connectivity index is 1.58. The van der Waals surface area contributed by atoms with Crippen molar-refractivity contribution < 1.29 is 9.90 Å². The number of carbonyl (C=O) groups is 1. The molecule has 138 valence electrons. The second kappa shape index (κ2) is 8.19. The van der Waals surface area contributed by atoms with Gasteiger partial charge in [-0.2, -0.15) is 0 Å². The zero-order valence-electron chi connectivity index (χ0n) is 15.4. The fraction of sp³-hybridized carbons (Fsp3) is 0.650. The number of phenolic OH excluding ortho intramolecular Hbond substituents is 1. The predicted octanol–water partition coefficient (Wildman–Crippen LogP) is 2.03. The van der Waals surface area contributed by atoms with Crippen LogP contribution < -0.4 is 10.6 Å². The molecule has 1 aromatic rings. The molecule has 25 heavy (non-hydrogen) atoms. The molecule has 5 heteroatoms. The molecular formula is C20H31N3O2. The third-order valence-corrected chi connectivity index (χ3v) is 5.51. The number of phenols is 1. The van der Waals surface area contributed by atoms with E-state index < -0.39 is 0 Å². The van der Waals surface area contributed by atoms with Crippen LogP contribution in [0.1, 0.15) is 44.2 Å². The Hall–Kier alpha value is -1.59. The Morgan fingerprint density at radius 1 is 1.28 bits per heavy atom. The minimum Gasteiger partial charge on any atom is -0.508 e. The zero-order chi connectivity index (χ0) is 17.8. The smallest absolute Gasteiger partial charge is 0.237 e. The van der Waals surface area contributed by atoms with Gasteiger partial charge in [-0.3, -0.25) is 4.79 Å². The maximum Gasteiger partial charge on any atom is 0.237 e. The number of piperidine rings is 1. The van der Waals surface area contributed by atoms with Crippen LogP contribution in [0.5, 0.6) is 5.75 Å². The molecule has 0 radical (unpaired) electrons. The van der Waals surface area contributed by atoms with Gasteiger partial charge in [-0.25, -0.2) is 0 Å². The van der Waals surface area contributed by atoms with Gasteiger partial charge >= 0.3 is 0 Å². The number of hydrogen-bond acceptors (Lipinski definition) is 4. The van der Waals surface area contributed by atoms with E-state index in [1.54, 1.807) is 12.1 Å². The van der Waals surface area contributed by atoms with E-state index in [-0.39, 0.29) is 23.7 Å². The molecule has 0 bridgehead atoms. The molecule has 1 unspecified atom stereocenters. The molecule has 1 amide bonds. The molecule has 0 saturated carbocycles. The van der Waals surface area contributed by atoms with E-state index >= 15 is 0 Å². The van der Waals surface area contributed by atoms with Gasteiger partial charge in [-0.15, -0.1) is 0 Å². The average Bonchev–Trinajstić information content (AvgIpc) is 2.61. The average molecular weight is 345 g/mol. The lowest BCUT2D eigenvalue weighted by molar-refractivity contribution is -0.124. The first-order valence-electron chi connectivity index (χ1n) is 9.60. The largest absolute Gasteiger partial charge is 0.508 e. The summed E-state index contributed by atoms with van der Waals surface area (Å²) in [5, 5.41) is 16.2. The van der Waals surface area contributed by atoms with Crippen molar-refractivity contribution in [1.82, 2.24) is 15.5 Å². The van der Waals surface area contributed by atoms with E-state index in [0.717, 1.165) is 30.8 Å². The number of amides is 1. The molecule has 1 aromatic carbocycles. The van der Waals surface area contributed by atoms with Crippen LogP contribution in [0.2, 0.25) is 0 Å². The summed E-state index contributed by atoms with van der Waals surface area (Å²) < 4.78 is 0. The molecule has 2 aliphatic rings. The number of aromatic hydroxyl groups is 1. The SMILES string of the molecule is CC(C)C(CN1CCCCC1)NC(=O)[C@H]1Cc2ccc(O)cc2CN1. The Labute approximate surface area is 150 Å². The first kappa shape index (κ1) is 18.2. The van der Waals surface area contributed by atoms with Crippen LogP contribution in [0.15, 0.2) is 18.2 Å². The van der Waals surface area contributed by atoms with Gasteiger partial charge in [0.1, 0.15) is 5.75 Å². The van der Waals surface area contributed by atoms with Gasteiger partial charge in [0.2, 0.25) is 5.91 Å². The van der Waals surface area contributed by atoms with Crippen LogP contribution in [0.25, 0.3) is 0 Å². The summed E-state index contributed by atoms with van der Waals surface area (Å²) in [4.78, 5) is 15.3. The zero-order valence-corrected chi connectivity index (χ0v) is 15.4. The maximum atomic E-state index is 12.8. The molecule has 1 saturated heterocycles. The van der Waals surface area contributed by atoms with Gasteiger partial charge in [0, 0.05) is 19.1 Å². The van der Waals surface area contributed by atoms with Gasteiger partial charge in [-0.1, -0.05) is 26.3 Å². The van der Waals surface area contributed by atoms with E-state index in [1.807, 2.05) is 6.07 Å². The molecule has 3 rings (SSSR count). The fourth-order valence-electron chi connectivity index (χ4n) is 3.81. The van der Waals surface area contributed by atoms with Crippen LogP contribution in [-0.2, 0) is 17.8 Å². The topological polar surface area (TPSA) is 64.6 Å². The van der Waals surface area contributed by atoms with Crippen molar-refractivity contribution in [2.75, 3.05) is 19.6 Å². The normalized spacial score (nSPS) is 22.4. The monoisotopic (exact) mass is 345 g/mol. The summed E-state index contributed by atoms with van der Waals surface area (Å²) in [6, 6.07) is 5.41. The summed E-state index contributed by atoms with van der Waals surface area (Å²) in [6.07, 6.45) is 4.55. The van der Waals surface area contributed by atoms with E-state index in [4.69, 9.17) is 0 Å². The van der Waals surface area contributed by atoms with Crippen molar-refractivity contribution in [2.45, 2.75) is 58.2 Å². The van der Waals surface area contributed by atoms with Gasteiger partial charge in [0.15, 0.2) is 0 Å². The lowest BCUT2D eigenvalue weighted by Gasteiger charge is -2.34. The number of fused-ring (bicyclic) bond motifs is 1. The van der Waals surface area contributed by atoms with E-state index in [2.05, 4.69) is 29.4 Å². The van der Waals surface area contributed by atoms with Gasteiger partial charge in [0.25, 0.3) is 0 Å². The third-order valence-electron chi connectivity index (χ3n) is 5.51. The third kappa shape index (κ3) is 4.73. The highest BCUT2D eigenvalue weighted by Crippen LogP contribution is 2.22. The van der Waals surface area contributed by atoms with Crippen LogP contribution in [0, 0.1) is 5.92 Å². The van der Waals surface area contributed by atoms with Crippen molar-refractivity contribution in [3.63, 3.8) is 0 Å². The lowest BCUT2D eigenvalue weighted by Crippen LogP contribution is -2.54. The molecule has 0 aromatic heterocycles. The van der Waals surface area contributed by atoms with Crippen molar-refractivity contribution >= 4 is 5.91 Å². The number of nitrogens with zero attached hydrogens (tertiary/aromatic N) is 1. The van der Waals surface area contributed by atoms with Gasteiger partial charge in [-0.05, 0) is 61.5 Å². The van der Waals surface area contributed by atoms with Crippen LogP contribution in [0.3, 0.4) is 0 Å². The van der Waals surface area contributed by atoms with Gasteiger partial charge < -0.3 is 20.6 Å². The molecular weight excluding hydrogens is 314 g/mol. The summed E-state index contributed by atoms with van der Waals surface area (Å²) in [6.45, 7) is 8.23. The highest BCUT2D eigenvalue weighted by molar-refractivity contribution is 5.82.